The fourth-order valence-corrected chi connectivity index (χ4v) is 10.6. The lowest BCUT2D eigenvalue weighted by atomic mass is 9.78. The van der Waals surface area contributed by atoms with Gasteiger partial charge in [0.1, 0.15) is 0 Å². The maximum atomic E-state index is 2.46. The smallest absolute Gasteiger partial charge is 0.0540 e. The number of fused-ring (bicyclic) bond motifs is 6. The Morgan fingerprint density at radius 3 is 1.40 bits per heavy atom. The summed E-state index contributed by atoms with van der Waals surface area (Å²) in [6, 6.07) is 66.4. The van der Waals surface area contributed by atoms with E-state index < -0.39 is 0 Å². The maximum absolute atomic E-state index is 2.46. The number of nitrogens with zero attached hydrogens (tertiary/aromatic N) is 1. The van der Waals surface area contributed by atoms with Gasteiger partial charge in [-0.2, -0.15) is 0 Å². The summed E-state index contributed by atoms with van der Waals surface area (Å²) in [6.07, 6.45) is 0. The van der Waals surface area contributed by atoms with Crippen molar-refractivity contribution in [3.63, 3.8) is 0 Å². The summed E-state index contributed by atoms with van der Waals surface area (Å²) in [4.78, 5) is 2.46. The Morgan fingerprint density at radius 2 is 0.794 bits per heavy atom. The molecule has 0 unspecified atom stereocenters. The molecule has 0 heterocycles. The fraction of sp³-hybridized carbons (Fsp3) is 0.226. The first kappa shape index (κ1) is 40.6. The standard InChI is InChI=1S/C62H59N/c1-59(2,3)44-36-43(37-45(39-44)60(4,5)6)48-18-13-16-25-57(48)63(46-31-26-40(27-32-46)42-30-35-52-50-19-11-14-23-54(50)61(7,8)56(52)38-42)47-33-28-41(29-34-47)49-21-17-22-53-51-20-12-15-24-55(51)62(9,10)58(49)53/h11-39H,1-10H3. The zero-order valence-corrected chi connectivity index (χ0v) is 38.7. The Hall–Kier alpha value is -6.44. The van der Waals surface area contributed by atoms with Gasteiger partial charge in [0.2, 0.25) is 0 Å². The average Bonchev–Trinajstić information content (AvgIpc) is 3.66. The fourth-order valence-electron chi connectivity index (χ4n) is 10.6. The third-order valence-corrected chi connectivity index (χ3v) is 14.2. The van der Waals surface area contributed by atoms with E-state index in [-0.39, 0.29) is 21.7 Å². The van der Waals surface area contributed by atoms with Gasteiger partial charge in [0.15, 0.2) is 0 Å². The minimum absolute atomic E-state index is 0.000583. The van der Waals surface area contributed by atoms with Crippen LogP contribution in [0.3, 0.4) is 0 Å². The predicted octanol–water partition coefficient (Wildman–Crippen LogP) is 17.4. The molecule has 0 amide bonds. The summed E-state index contributed by atoms with van der Waals surface area (Å²) in [5, 5.41) is 0. The van der Waals surface area contributed by atoms with Gasteiger partial charge in [-0.05, 0) is 131 Å². The molecule has 8 aromatic rings. The molecule has 0 saturated heterocycles. The summed E-state index contributed by atoms with van der Waals surface area (Å²) in [7, 11) is 0. The molecule has 0 aliphatic heterocycles. The van der Waals surface area contributed by atoms with Crippen molar-refractivity contribution in [2.45, 2.75) is 90.9 Å². The molecule has 0 saturated carbocycles. The third kappa shape index (κ3) is 6.76. The highest BCUT2D eigenvalue weighted by Crippen LogP contribution is 2.53. The van der Waals surface area contributed by atoms with Crippen molar-refractivity contribution in [1.29, 1.82) is 0 Å². The largest absolute Gasteiger partial charge is 0.310 e. The summed E-state index contributed by atoms with van der Waals surface area (Å²) >= 11 is 0. The second-order valence-electron chi connectivity index (χ2n) is 21.1. The van der Waals surface area contributed by atoms with E-state index in [1.54, 1.807) is 0 Å². The van der Waals surface area contributed by atoms with Crippen molar-refractivity contribution in [3.05, 3.63) is 209 Å². The molecule has 10 rings (SSSR count). The van der Waals surface area contributed by atoms with Gasteiger partial charge in [-0.3, -0.25) is 0 Å². The lowest BCUT2D eigenvalue weighted by Gasteiger charge is -2.30. The quantitative estimate of drug-likeness (QED) is 0.162. The Morgan fingerprint density at radius 1 is 0.333 bits per heavy atom. The van der Waals surface area contributed by atoms with E-state index in [9.17, 15) is 0 Å². The second kappa shape index (κ2) is 14.6. The van der Waals surface area contributed by atoms with Gasteiger partial charge in [0.25, 0.3) is 0 Å². The topological polar surface area (TPSA) is 3.24 Å². The van der Waals surface area contributed by atoms with Gasteiger partial charge in [0.05, 0.1) is 5.69 Å². The molecule has 0 radical (unpaired) electrons. The van der Waals surface area contributed by atoms with Crippen LogP contribution in [0, 0.1) is 0 Å². The number of para-hydroxylation sites is 1. The third-order valence-electron chi connectivity index (χ3n) is 14.2. The van der Waals surface area contributed by atoms with Gasteiger partial charge in [-0.15, -0.1) is 0 Å². The summed E-state index contributed by atoms with van der Waals surface area (Å²) in [5.74, 6) is 0. The maximum Gasteiger partial charge on any atom is 0.0540 e. The van der Waals surface area contributed by atoms with Crippen molar-refractivity contribution in [3.8, 4) is 55.6 Å². The van der Waals surface area contributed by atoms with Crippen LogP contribution in [0.25, 0.3) is 55.6 Å². The lowest BCUT2D eigenvalue weighted by Crippen LogP contribution is -2.17. The van der Waals surface area contributed by atoms with Crippen LogP contribution >= 0.6 is 0 Å². The van der Waals surface area contributed by atoms with Crippen LogP contribution in [-0.2, 0) is 21.7 Å². The first-order valence-electron chi connectivity index (χ1n) is 22.8. The monoisotopic (exact) mass is 817 g/mol. The Labute approximate surface area is 376 Å². The molecule has 0 spiro atoms. The Bertz CT molecular complexity index is 3020. The van der Waals surface area contributed by atoms with Gasteiger partial charge < -0.3 is 4.90 Å². The molecule has 0 fully saturated rings. The number of benzene rings is 8. The predicted molar refractivity (Wildman–Crippen MR) is 270 cm³/mol. The zero-order chi connectivity index (χ0) is 44.1. The normalized spacial score (nSPS) is 14.4. The van der Waals surface area contributed by atoms with Crippen LogP contribution in [0.1, 0.15) is 103 Å². The van der Waals surface area contributed by atoms with Crippen LogP contribution in [0.4, 0.5) is 17.1 Å². The number of anilines is 3. The van der Waals surface area contributed by atoms with Crippen LogP contribution in [0.5, 0.6) is 0 Å². The molecule has 0 atom stereocenters. The van der Waals surface area contributed by atoms with E-state index in [0.717, 1.165) is 17.1 Å². The van der Waals surface area contributed by atoms with Crippen LogP contribution in [0.15, 0.2) is 176 Å². The van der Waals surface area contributed by atoms with Gasteiger partial charge in [-0.1, -0.05) is 209 Å². The van der Waals surface area contributed by atoms with E-state index in [4.69, 9.17) is 0 Å². The molecule has 0 aromatic heterocycles. The van der Waals surface area contributed by atoms with Crippen molar-refractivity contribution in [2.24, 2.45) is 0 Å². The van der Waals surface area contributed by atoms with E-state index in [0.29, 0.717) is 0 Å². The molecule has 0 N–H and O–H groups in total. The highest BCUT2D eigenvalue weighted by molar-refractivity contribution is 5.92. The number of hydrogen-bond acceptors (Lipinski definition) is 1. The van der Waals surface area contributed by atoms with Gasteiger partial charge >= 0.3 is 0 Å². The lowest BCUT2D eigenvalue weighted by molar-refractivity contribution is 0.569. The van der Waals surface area contributed by atoms with E-state index in [1.165, 1.54) is 89.0 Å². The average molecular weight is 818 g/mol. The minimum atomic E-state index is -0.0972. The molecule has 2 aliphatic rings. The highest BCUT2D eigenvalue weighted by atomic mass is 15.1. The first-order chi connectivity index (χ1) is 30.0. The molecule has 8 aromatic carbocycles. The van der Waals surface area contributed by atoms with Crippen molar-refractivity contribution < 1.29 is 0 Å². The number of rotatable bonds is 6. The second-order valence-corrected chi connectivity index (χ2v) is 21.1. The van der Waals surface area contributed by atoms with Gasteiger partial charge in [-0.25, -0.2) is 0 Å². The van der Waals surface area contributed by atoms with Crippen molar-refractivity contribution >= 4 is 17.1 Å². The van der Waals surface area contributed by atoms with E-state index >= 15 is 0 Å². The number of hydrogen-bond donors (Lipinski definition) is 0. The van der Waals surface area contributed by atoms with E-state index in [1.807, 2.05) is 0 Å². The first-order valence-corrected chi connectivity index (χ1v) is 22.8. The molecular formula is C62H59N. The van der Waals surface area contributed by atoms with Crippen molar-refractivity contribution in [1.82, 2.24) is 0 Å². The minimum Gasteiger partial charge on any atom is -0.310 e. The Balaban J connectivity index is 1.10. The molecular weight excluding hydrogens is 759 g/mol. The molecule has 0 bridgehead atoms. The molecule has 1 heteroatoms. The summed E-state index contributed by atoms with van der Waals surface area (Å²) < 4.78 is 0. The summed E-state index contributed by atoms with van der Waals surface area (Å²) in [6.45, 7) is 23.4. The SMILES string of the molecule is CC(C)(C)c1cc(-c2ccccc2N(c2ccc(-c3ccc4c(c3)C(C)(C)c3ccccc3-4)cc2)c2ccc(-c3cccc4c3C(C)(C)c3ccccc3-4)cc2)cc(C(C)(C)C)c1. The summed E-state index contributed by atoms with van der Waals surface area (Å²) in [5.41, 5.74) is 24.4. The van der Waals surface area contributed by atoms with Crippen LogP contribution in [-0.4, -0.2) is 0 Å². The van der Waals surface area contributed by atoms with Gasteiger partial charge in [0, 0.05) is 27.8 Å². The molecule has 312 valence electrons. The van der Waals surface area contributed by atoms with E-state index in [2.05, 4.69) is 250 Å². The van der Waals surface area contributed by atoms with Crippen LogP contribution in [0.2, 0.25) is 0 Å². The molecule has 2 aliphatic carbocycles. The van der Waals surface area contributed by atoms with Crippen molar-refractivity contribution in [2.75, 3.05) is 4.90 Å². The Kier molecular flexibility index (Phi) is 9.39. The molecule has 1 nitrogen and oxygen atoms in total. The zero-order valence-electron chi connectivity index (χ0n) is 38.7. The van der Waals surface area contributed by atoms with Crippen LogP contribution < -0.4 is 4.90 Å². The molecule has 63 heavy (non-hydrogen) atoms. The highest BCUT2D eigenvalue weighted by Gasteiger charge is 2.38.